The van der Waals surface area contributed by atoms with E-state index < -0.39 is 0 Å². The van der Waals surface area contributed by atoms with Gasteiger partial charge in [-0.05, 0) is 21.9 Å². The number of aromatic nitrogens is 1. The summed E-state index contributed by atoms with van der Waals surface area (Å²) in [5.74, 6) is 2.42. The second-order valence-corrected chi connectivity index (χ2v) is 3.26. The fourth-order valence-corrected chi connectivity index (χ4v) is 1.27. The molecule has 3 heteroatoms. The van der Waals surface area contributed by atoms with Crippen LogP contribution >= 0.6 is 27.3 Å². The Labute approximate surface area is 59.9 Å². The fraction of sp³-hybridized carbons (Fsp3) is 0. The fourth-order valence-electron chi connectivity index (χ4n) is 0.318. The Balaban J connectivity index is 3.05. The molecule has 0 bridgehead atoms. The molecule has 0 aliphatic heterocycles. The van der Waals surface area contributed by atoms with E-state index in [1.54, 1.807) is 0 Å². The van der Waals surface area contributed by atoms with Crippen molar-refractivity contribution in [1.29, 1.82) is 0 Å². The molecule has 0 spiro atoms. The maximum Gasteiger partial charge on any atom is 0.160 e. The van der Waals surface area contributed by atoms with Crippen molar-refractivity contribution in [3.05, 3.63) is 15.0 Å². The first-order valence-corrected chi connectivity index (χ1v) is 3.58. The molecule has 0 saturated heterocycles. The van der Waals surface area contributed by atoms with E-state index in [0.717, 1.165) is 3.92 Å². The average molecular weight is 188 g/mol. The largest absolute Gasteiger partial charge is 0.221 e. The molecule has 1 heterocycles. The van der Waals surface area contributed by atoms with E-state index in [1.807, 2.05) is 5.38 Å². The molecule has 40 valence electrons. The molecule has 0 aliphatic rings. The summed E-state index contributed by atoms with van der Waals surface area (Å²) in [5.41, 5.74) is 0.696. The minimum absolute atomic E-state index is 0.696. The van der Waals surface area contributed by atoms with Gasteiger partial charge in [0, 0.05) is 5.38 Å². The smallest absolute Gasteiger partial charge is 0.160 e. The van der Waals surface area contributed by atoms with Gasteiger partial charge in [0.2, 0.25) is 0 Å². The van der Waals surface area contributed by atoms with Crippen molar-refractivity contribution in [2.45, 2.75) is 0 Å². The van der Waals surface area contributed by atoms with Crippen molar-refractivity contribution in [3.8, 4) is 12.3 Å². The number of hydrogen-bond acceptors (Lipinski definition) is 2. The summed E-state index contributed by atoms with van der Waals surface area (Å²) in [4.78, 5) is 3.93. The topological polar surface area (TPSA) is 12.9 Å². The third-order valence-corrected chi connectivity index (χ3v) is 1.99. The SMILES string of the molecule is C#Cc1csc(Br)n1. The van der Waals surface area contributed by atoms with Crippen molar-refractivity contribution >= 4 is 27.3 Å². The highest BCUT2D eigenvalue weighted by molar-refractivity contribution is 9.11. The number of nitrogens with zero attached hydrogens (tertiary/aromatic N) is 1. The predicted octanol–water partition coefficient (Wildman–Crippen LogP) is 1.89. The summed E-state index contributed by atoms with van der Waals surface area (Å²) >= 11 is 4.68. The Morgan fingerprint density at radius 3 is 2.88 bits per heavy atom. The van der Waals surface area contributed by atoms with Crippen LogP contribution in [0.4, 0.5) is 0 Å². The lowest BCUT2D eigenvalue weighted by Crippen LogP contribution is -1.66. The lowest BCUT2D eigenvalue weighted by atomic mass is 10.5. The molecule has 0 amide bonds. The Morgan fingerprint density at radius 1 is 1.88 bits per heavy atom. The monoisotopic (exact) mass is 187 g/mol. The maximum absolute atomic E-state index is 5.04. The quantitative estimate of drug-likeness (QED) is 0.566. The zero-order valence-corrected chi connectivity index (χ0v) is 6.29. The lowest BCUT2D eigenvalue weighted by Gasteiger charge is -1.69. The molecule has 0 radical (unpaired) electrons. The van der Waals surface area contributed by atoms with Crippen LogP contribution in [0.3, 0.4) is 0 Å². The number of rotatable bonds is 0. The highest BCUT2D eigenvalue weighted by Gasteiger charge is 1.91. The van der Waals surface area contributed by atoms with Gasteiger partial charge < -0.3 is 0 Å². The van der Waals surface area contributed by atoms with E-state index in [-0.39, 0.29) is 0 Å². The van der Waals surface area contributed by atoms with Crippen LogP contribution < -0.4 is 0 Å². The van der Waals surface area contributed by atoms with Gasteiger partial charge in [-0.25, -0.2) is 4.98 Å². The van der Waals surface area contributed by atoms with Crippen LogP contribution in [0.15, 0.2) is 9.30 Å². The Morgan fingerprint density at radius 2 is 2.62 bits per heavy atom. The van der Waals surface area contributed by atoms with E-state index in [9.17, 15) is 0 Å². The van der Waals surface area contributed by atoms with Gasteiger partial charge in [-0.3, -0.25) is 0 Å². The molecule has 0 fully saturated rings. The zero-order chi connectivity index (χ0) is 5.98. The van der Waals surface area contributed by atoms with Crippen LogP contribution in [-0.2, 0) is 0 Å². The molecule has 0 atom stereocenters. The van der Waals surface area contributed by atoms with Gasteiger partial charge in [0.05, 0.1) is 0 Å². The molecule has 1 nitrogen and oxygen atoms in total. The Kier molecular flexibility index (Phi) is 1.66. The van der Waals surface area contributed by atoms with E-state index in [2.05, 4.69) is 26.8 Å². The van der Waals surface area contributed by atoms with Gasteiger partial charge in [0.25, 0.3) is 0 Å². The number of terminal acetylenes is 1. The zero-order valence-electron chi connectivity index (χ0n) is 3.89. The summed E-state index contributed by atoms with van der Waals surface area (Å²) in [6.45, 7) is 0. The molecule has 0 aliphatic carbocycles. The number of halogens is 1. The van der Waals surface area contributed by atoms with Crippen LogP contribution in [0.1, 0.15) is 5.69 Å². The highest BCUT2D eigenvalue weighted by atomic mass is 79.9. The third kappa shape index (κ3) is 1.09. The molecule has 0 saturated carbocycles. The summed E-state index contributed by atoms with van der Waals surface area (Å²) in [7, 11) is 0. The number of hydrogen-bond donors (Lipinski definition) is 0. The van der Waals surface area contributed by atoms with E-state index in [1.165, 1.54) is 11.3 Å². The predicted molar refractivity (Wildman–Crippen MR) is 37.7 cm³/mol. The first-order chi connectivity index (χ1) is 3.83. The maximum atomic E-state index is 5.04. The van der Waals surface area contributed by atoms with Crippen molar-refractivity contribution < 1.29 is 0 Å². The van der Waals surface area contributed by atoms with Gasteiger partial charge >= 0.3 is 0 Å². The molecule has 8 heavy (non-hydrogen) atoms. The van der Waals surface area contributed by atoms with Crippen LogP contribution in [0, 0.1) is 12.3 Å². The van der Waals surface area contributed by atoms with Crippen LogP contribution in [-0.4, -0.2) is 4.98 Å². The van der Waals surface area contributed by atoms with Crippen molar-refractivity contribution in [2.24, 2.45) is 0 Å². The van der Waals surface area contributed by atoms with Crippen molar-refractivity contribution in [3.63, 3.8) is 0 Å². The van der Waals surface area contributed by atoms with Crippen LogP contribution in [0.25, 0.3) is 0 Å². The molecule has 1 aromatic heterocycles. The number of thiazole rings is 1. The standard InChI is InChI=1S/C5H2BrNS/c1-2-4-3-8-5(6)7-4/h1,3H. The van der Waals surface area contributed by atoms with Gasteiger partial charge in [0.1, 0.15) is 5.69 Å². The first kappa shape index (κ1) is 5.80. The molecule has 1 aromatic rings. The lowest BCUT2D eigenvalue weighted by molar-refractivity contribution is 1.34. The van der Waals surface area contributed by atoms with Gasteiger partial charge in [-0.15, -0.1) is 17.8 Å². The second kappa shape index (κ2) is 2.29. The van der Waals surface area contributed by atoms with E-state index in [4.69, 9.17) is 6.42 Å². The van der Waals surface area contributed by atoms with Crippen LogP contribution in [0.2, 0.25) is 0 Å². The third-order valence-electron chi connectivity index (χ3n) is 0.624. The molecule has 1 rings (SSSR count). The Hall–Kier alpha value is -0.330. The summed E-state index contributed by atoms with van der Waals surface area (Å²) in [6.07, 6.45) is 5.04. The summed E-state index contributed by atoms with van der Waals surface area (Å²) in [6, 6.07) is 0. The normalized spacial score (nSPS) is 8.50. The first-order valence-electron chi connectivity index (χ1n) is 1.90. The van der Waals surface area contributed by atoms with Crippen LogP contribution in [0.5, 0.6) is 0 Å². The van der Waals surface area contributed by atoms with Gasteiger partial charge in [-0.1, -0.05) is 0 Å². The van der Waals surface area contributed by atoms with Gasteiger partial charge in [0.15, 0.2) is 3.92 Å². The van der Waals surface area contributed by atoms with Crippen molar-refractivity contribution in [1.82, 2.24) is 4.98 Å². The van der Waals surface area contributed by atoms with E-state index >= 15 is 0 Å². The molecule has 0 aromatic carbocycles. The second-order valence-electron chi connectivity index (χ2n) is 1.13. The molecular weight excluding hydrogens is 186 g/mol. The summed E-state index contributed by atoms with van der Waals surface area (Å²) < 4.78 is 0.838. The molecular formula is C5H2BrNS. The minimum Gasteiger partial charge on any atom is -0.221 e. The molecule has 0 N–H and O–H groups in total. The summed E-state index contributed by atoms with van der Waals surface area (Å²) in [5, 5.41) is 1.82. The minimum atomic E-state index is 0.696. The highest BCUT2D eigenvalue weighted by Crippen LogP contribution is 2.14. The Bertz CT molecular complexity index is 223. The van der Waals surface area contributed by atoms with E-state index in [0.29, 0.717) is 5.69 Å². The average Bonchev–Trinajstić information content (AvgIpc) is 2.14. The van der Waals surface area contributed by atoms with Gasteiger partial charge in [-0.2, -0.15) is 0 Å². The molecule has 0 unspecified atom stereocenters. The van der Waals surface area contributed by atoms with Crippen molar-refractivity contribution in [2.75, 3.05) is 0 Å².